The van der Waals surface area contributed by atoms with Gasteiger partial charge in [-0.05, 0) is 31.4 Å². The predicted molar refractivity (Wildman–Crippen MR) is 89.2 cm³/mol. The Labute approximate surface area is 137 Å². The summed E-state index contributed by atoms with van der Waals surface area (Å²) in [6.07, 6.45) is 0. The van der Waals surface area contributed by atoms with Crippen LogP contribution in [0.25, 0.3) is 0 Å². The van der Waals surface area contributed by atoms with Gasteiger partial charge in [0.25, 0.3) is 0 Å². The van der Waals surface area contributed by atoms with Gasteiger partial charge in [-0.2, -0.15) is 5.10 Å². The number of aryl methyl sites for hydroxylation is 2. The number of rotatable bonds is 6. The van der Waals surface area contributed by atoms with Gasteiger partial charge in [0.2, 0.25) is 10.0 Å². The zero-order valence-corrected chi connectivity index (χ0v) is 14.9. The van der Waals surface area contributed by atoms with E-state index < -0.39 is 10.0 Å². The van der Waals surface area contributed by atoms with E-state index in [9.17, 15) is 8.42 Å². The third-order valence-electron chi connectivity index (χ3n) is 3.75. The van der Waals surface area contributed by atoms with Crippen LogP contribution in [0.5, 0.6) is 5.75 Å². The van der Waals surface area contributed by atoms with Gasteiger partial charge >= 0.3 is 0 Å². The second-order valence-corrected chi connectivity index (χ2v) is 7.52. The number of ether oxygens (including phenoxy) is 1. The minimum atomic E-state index is -3.63. The van der Waals surface area contributed by atoms with Crippen LogP contribution >= 0.6 is 0 Å². The van der Waals surface area contributed by atoms with E-state index in [1.165, 1.54) is 0 Å². The second-order valence-electron chi connectivity index (χ2n) is 5.81. The van der Waals surface area contributed by atoms with Gasteiger partial charge in [-0.3, -0.25) is 5.10 Å². The number of aromatic nitrogens is 2. The molecule has 1 aromatic heterocycles. The van der Waals surface area contributed by atoms with Gasteiger partial charge in [0, 0.05) is 12.1 Å². The van der Waals surface area contributed by atoms with Gasteiger partial charge < -0.3 is 4.74 Å². The normalized spacial score (nSPS) is 11.9. The third kappa shape index (κ3) is 3.73. The molecule has 0 aliphatic rings. The number of nitrogens with zero attached hydrogens (tertiary/aromatic N) is 1. The molecule has 1 aromatic carbocycles. The highest BCUT2D eigenvalue weighted by atomic mass is 32.2. The van der Waals surface area contributed by atoms with Gasteiger partial charge in [0.15, 0.2) is 0 Å². The minimum Gasteiger partial charge on any atom is -0.496 e. The molecule has 0 aliphatic heterocycles. The molecule has 1 heterocycles. The Morgan fingerprint density at radius 1 is 1.30 bits per heavy atom. The van der Waals surface area contributed by atoms with Crippen LogP contribution in [0.4, 0.5) is 0 Å². The molecule has 2 N–H and O–H groups in total. The number of H-pyrrole nitrogens is 1. The van der Waals surface area contributed by atoms with Crippen molar-refractivity contribution in [1.82, 2.24) is 14.9 Å². The first-order valence-electron chi connectivity index (χ1n) is 7.44. The third-order valence-corrected chi connectivity index (χ3v) is 5.42. The fraction of sp³-hybridized carbons (Fsp3) is 0.438. The van der Waals surface area contributed by atoms with Crippen molar-refractivity contribution in [2.75, 3.05) is 7.11 Å². The molecular weight excluding hydrogens is 314 g/mol. The SMILES string of the molecule is COc1ccc(C(C)C)cc1CNS(=O)(=O)c1c(C)n[nH]c1C. The summed E-state index contributed by atoms with van der Waals surface area (Å²) >= 11 is 0. The zero-order chi connectivity index (χ0) is 17.2. The number of nitrogens with one attached hydrogen (secondary N) is 2. The molecule has 6 nitrogen and oxygen atoms in total. The maximum Gasteiger partial charge on any atom is 0.244 e. The van der Waals surface area contributed by atoms with E-state index in [0.29, 0.717) is 23.1 Å². The summed E-state index contributed by atoms with van der Waals surface area (Å²) in [5.74, 6) is 1.02. The van der Waals surface area contributed by atoms with Crippen molar-refractivity contribution >= 4 is 10.0 Å². The van der Waals surface area contributed by atoms with Gasteiger partial charge in [0.1, 0.15) is 10.6 Å². The first-order chi connectivity index (χ1) is 10.8. The average Bonchev–Trinajstić information content (AvgIpc) is 2.84. The maximum absolute atomic E-state index is 12.5. The van der Waals surface area contributed by atoms with Crippen molar-refractivity contribution in [2.45, 2.75) is 45.1 Å². The van der Waals surface area contributed by atoms with Crippen LogP contribution in [-0.4, -0.2) is 25.7 Å². The Bertz CT molecular complexity index is 775. The van der Waals surface area contributed by atoms with Crippen LogP contribution in [0, 0.1) is 13.8 Å². The maximum atomic E-state index is 12.5. The second kappa shape index (κ2) is 6.72. The van der Waals surface area contributed by atoms with E-state index >= 15 is 0 Å². The Hall–Kier alpha value is -1.86. The molecule has 0 atom stereocenters. The van der Waals surface area contributed by atoms with E-state index in [4.69, 9.17) is 4.74 Å². The van der Waals surface area contributed by atoms with Crippen molar-refractivity contribution < 1.29 is 13.2 Å². The summed E-state index contributed by atoms with van der Waals surface area (Å²) in [5.41, 5.74) is 2.92. The van der Waals surface area contributed by atoms with E-state index in [-0.39, 0.29) is 11.4 Å². The van der Waals surface area contributed by atoms with E-state index in [1.54, 1.807) is 21.0 Å². The number of aromatic amines is 1. The molecule has 126 valence electrons. The molecule has 23 heavy (non-hydrogen) atoms. The molecule has 7 heteroatoms. The highest BCUT2D eigenvalue weighted by Gasteiger charge is 2.22. The Morgan fingerprint density at radius 3 is 2.52 bits per heavy atom. The van der Waals surface area contributed by atoms with Gasteiger partial charge in [-0.1, -0.05) is 26.0 Å². The largest absolute Gasteiger partial charge is 0.496 e. The molecule has 0 saturated carbocycles. The van der Waals surface area contributed by atoms with Crippen molar-refractivity contribution in [1.29, 1.82) is 0 Å². The lowest BCUT2D eigenvalue weighted by Gasteiger charge is -2.14. The molecule has 0 fully saturated rings. The van der Waals surface area contributed by atoms with E-state index in [1.807, 2.05) is 18.2 Å². The number of benzene rings is 1. The highest BCUT2D eigenvalue weighted by Crippen LogP contribution is 2.25. The van der Waals surface area contributed by atoms with Crippen molar-refractivity contribution in [2.24, 2.45) is 0 Å². The standard InChI is InChI=1S/C16H23N3O3S/c1-10(2)13-6-7-15(22-5)14(8-13)9-17-23(20,21)16-11(3)18-19-12(16)4/h6-8,10,17H,9H2,1-5H3,(H,18,19). The molecule has 0 radical (unpaired) electrons. The lowest BCUT2D eigenvalue weighted by atomic mass is 10.0. The number of sulfonamides is 1. The quantitative estimate of drug-likeness (QED) is 0.849. The summed E-state index contributed by atoms with van der Waals surface area (Å²) in [6.45, 7) is 7.70. The van der Waals surface area contributed by atoms with Crippen LogP contribution in [0.1, 0.15) is 42.3 Å². The summed E-state index contributed by atoms with van der Waals surface area (Å²) in [5, 5.41) is 6.63. The monoisotopic (exact) mass is 337 g/mol. The van der Waals surface area contributed by atoms with Crippen LogP contribution in [0.3, 0.4) is 0 Å². The summed E-state index contributed by atoms with van der Waals surface area (Å²) < 4.78 is 33.0. The zero-order valence-electron chi connectivity index (χ0n) is 14.1. The van der Waals surface area contributed by atoms with Crippen LogP contribution < -0.4 is 9.46 Å². The van der Waals surface area contributed by atoms with Crippen molar-refractivity contribution in [3.8, 4) is 5.75 Å². The predicted octanol–water partition coefficient (Wildman–Crippen LogP) is 2.64. The van der Waals surface area contributed by atoms with Crippen LogP contribution in [0.15, 0.2) is 23.1 Å². The van der Waals surface area contributed by atoms with E-state index in [2.05, 4.69) is 28.8 Å². The van der Waals surface area contributed by atoms with Crippen LogP contribution in [-0.2, 0) is 16.6 Å². The Morgan fingerprint density at radius 2 is 2.00 bits per heavy atom. The molecule has 0 amide bonds. The van der Waals surface area contributed by atoms with Gasteiger partial charge in [-0.25, -0.2) is 13.1 Å². The molecule has 0 unspecified atom stereocenters. The van der Waals surface area contributed by atoms with Crippen molar-refractivity contribution in [3.05, 3.63) is 40.7 Å². The molecule has 0 saturated heterocycles. The molecule has 2 aromatic rings. The molecular formula is C16H23N3O3S. The Kier molecular flexibility index (Phi) is 5.11. The fourth-order valence-electron chi connectivity index (χ4n) is 2.48. The fourth-order valence-corrected chi connectivity index (χ4v) is 3.85. The lowest BCUT2D eigenvalue weighted by Crippen LogP contribution is -2.24. The lowest BCUT2D eigenvalue weighted by molar-refractivity contribution is 0.409. The number of hydrogen-bond acceptors (Lipinski definition) is 4. The van der Waals surface area contributed by atoms with E-state index in [0.717, 1.165) is 11.1 Å². The minimum absolute atomic E-state index is 0.163. The van der Waals surface area contributed by atoms with Crippen molar-refractivity contribution in [3.63, 3.8) is 0 Å². The van der Waals surface area contributed by atoms with Gasteiger partial charge in [-0.15, -0.1) is 0 Å². The van der Waals surface area contributed by atoms with Gasteiger partial charge in [0.05, 0.1) is 18.5 Å². The molecule has 0 aliphatic carbocycles. The molecule has 0 spiro atoms. The smallest absolute Gasteiger partial charge is 0.244 e. The summed E-state index contributed by atoms with van der Waals surface area (Å²) in [4.78, 5) is 0.205. The molecule has 2 rings (SSSR count). The summed E-state index contributed by atoms with van der Waals surface area (Å²) in [7, 11) is -2.06. The highest BCUT2D eigenvalue weighted by molar-refractivity contribution is 7.89. The Balaban J connectivity index is 2.28. The number of hydrogen-bond donors (Lipinski definition) is 2. The topological polar surface area (TPSA) is 84.1 Å². The first kappa shape index (κ1) is 17.5. The summed E-state index contributed by atoms with van der Waals surface area (Å²) in [6, 6.07) is 5.83. The first-order valence-corrected chi connectivity index (χ1v) is 8.92. The number of methoxy groups -OCH3 is 1. The molecule has 0 bridgehead atoms. The average molecular weight is 337 g/mol. The van der Waals surface area contributed by atoms with Crippen LogP contribution in [0.2, 0.25) is 0 Å².